The zero-order chi connectivity index (χ0) is 22.0. The molecule has 0 radical (unpaired) electrons. The Bertz CT molecular complexity index is 1040. The molecular formula is C24H30ClN5O. The van der Waals surface area contributed by atoms with Gasteiger partial charge >= 0.3 is 0 Å². The van der Waals surface area contributed by atoms with Gasteiger partial charge in [0.2, 0.25) is 5.91 Å². The number of amides is 1. The zero-order valence-electron chi connectivity index (χ0n) is 18.4. The molecule has 4 rings (SSSR count). The van der Waals surface area contributed by atoms with Crippen LogP contribution in [0.25, 0.3) is 11.0 Å². The molecule has 31 heavy (non-hydrogen) atoms. The molecule has 1 fully saturated rings. The maximum absolute atomic E-state index is 13.5. The second-order valence-corrected chi connectivity index (χ2v) is 8.95. The molecule has 0 unspecified atom stereocenters. The minimum absolute atomic E-state index is 0.174. The van der Waals surface area contributed by atoms with Gasteiger partial charge in [0.25, 0.3) is 0 Å². The second-order valence-electron chi connectivity index (χ2n) is 8.51. The van der Waals surface area contributed by atoms with Crippen molar-refractivity contribution in [3.8, 4) is 0 Å². The number of carbonyl (C=O) groups excluding carboxylic acids is 1. The van der Waals surface area contributed by atoms with Crippen LogP contribution in [0.1, 0.15) is 30.9 Å². The summed E-state index contributed by atoms with van der Waals surface area (Å²) in [6.07, 6.45) is 3.85. The van der Waals surface area contributed by atoms with Crippen LogP contribution in [0.3, 0.4) is 0 Å². The number of piperazine rings is 1. The maximum Gasteiger partial charge on any atom is 0.231 e. The summed E-state index contributed by atoms with van der Waals surface area (Å²) >= 11 is 6.07. The highest BCUT2D eigenvalue weighted by Crippen LogP contribution is 2.30. The molecule has 1 aromatic carbocycles. The highest BCUT2D eigenvalue weighted by molar-refractivity contribution is 6.30. The molecule has 7 heteroatoms. The number of halogens is 1. The third-order valence-corrected chi connectivity index (χ3v) is 6.20. The van der Waals surface area contributed by atoms with Gasteiger partial charge < -0.3 is 20.1 Å². The van der Waals surface area contributed by atoms with Crippen LogP contribution in [0.5, 0.6) is 0 Å². The lowest BCUT2D eigenvalue weighted by Gasteiger charge is -2.38. The molecule has 0 aliphatic carbocycles. The van der Waals surface area contributed by atoms with Crippen LogP contribution in [0.15, 0.2) is 42.7 Å². The molecule has 3 aromatic rings. The lowest BCUT2D eigenvalue weighted by Crippen LogP contribution is -2.51. The van der Waals surface area contributed by atoms with Gasteiger partial charge in [0.1, 0.15) is 5.65 Å². The molecule has 2 N–H and O–H groups in total. The largest absolute Gasteiger partial charge is 0.367 e. The van der Waals surface area contributed by atoms with Crippen LogP contribution in [-0.2, 0) is 4.79 Å². The van der Waals surface area contributed by atoms with E-state index in [0.717, 1.165) is 35.2 Å². The van der Waals surface area contributed by atoms with Crippen molar-refractivity contribution in [1.29, 1.82) is 0 Å². The van der Waals surface area contributed by atoms with E-state index in [1.54, 1.807) is 0 Å². The van der Waals surface area contributed by atoms with Crippen LogP contribution in [0, 0.1) is 6.92 Å². The summed E-state index contributed by atoms with van der Waals surface area (Å²) in [5.41, 5.74) is 4.28. The number of pyridine rings is 1. The first-order valence-corrected chi connectivity index (χ1v) is 11.3. The number of rotatable bonds is 6. The van der Waals surface area contributed by atoms with E-state index in [2.05, 4.69) is 47.0 Å². The summed E-state index contributed by atoms with van der Waals surface area (Å²) < 4.78 is 0. The van der Waals surface area contributed by atoms with Gasteiger partial charge in [-0.25, -0.2) is 4.98 Å². The average molecular weight is 440 g/mol. The monoisotopic (exact) mass is 439 g/mol. The number of aromatic amines is 1. The normalized spacial score (nSPS) is 15.6. The van der Waals surface area contributed by atoms with Crippen LogP contribution >= 0.6 is 11.6 Å². The predicted molar refractivity (Wildman–Crippen MR) is 127 cm³/mol. The Balaban J connectivity index is 1.49. The highest BCUT2D eigenvalue weighted by atomic mass is 35.5. The summed E-state index contributed by atoms with van der Waals surface area (Å²) in [6, 6.07) is 10.0. The first-order valence-electron chi connectivity index (χ1n) is 10.9. The Hall–Kier alpha value is -2.57. The van der Waals surface area contributed by atoms with Crippen molar-refractivity contribution in [2.24, 2.45) is 0 Å². The quantitative estimate of drug-likeness (QED) is 0.610. The summed E-state index contributed by atoms with van der Waals surface area (Å²) in [6.45, 7) is 9.94. The topological polar surface area (TPSA) is 64.3 Å². The molecule has 1 atom stereocenters. The van der Waals surface area contributed by atoms with Gasteiger partial charge in [0.05, 0.1) is 11.6 Å². The fraction of sp³-hybridized carbons (Fsp3) is 0.417. The van der Waals surface area contributed by atoms with Gasteiger partial charge in [-0.3, -0.25) is 4.79 Å². The summed E-state index contributed by atoms with van der Waals surface area (Å²) in [5.74, 6) is -0.0429. The van der Waals surface area contributed by atoms with E-state index < -0.39 is 0 Å². The van der Waals surface area contributed by atoms with E-state index in [1.165, 1.54) is 5.69 Å². The third kappa shape index (κ3) is 4.70. The number of fused-ring (bicyclic) bond motifs is 1. The third-order valence-electron chi connectivity index (χ3n) is 5.95. The summed E-state index contributed by atoms with van der Waals surface area (Å²) in [4.78, 5) is 25.5. The molecule has 1 aliphatic rings. The standard InChI is InChI=1S/C24H30ClN5O/c1-16(2)27-15-21(18-4-6-19(25)7-5-18)24(31)30-12-10-29(11-13-30)22-17(3)14-28-23-20(22)8-9-26-23/h4-9,14,16,21,27H,10-13,15H2,1-3H3,(H,26,28)/t21-/m1/s1. The molecule has 1 aliphatic heterocycles. The van der Waals surface area contributed by atoms with Crippen molar-refractivity contribution in [2.45, 2.75) is 32.7 Å². The Labute approximate surface area is 188 Å². The Morgan fingerprint density at radius 1 is 1.16 bits per heavy atom. The van der Waals surface area contributed by atoms with Crippen molar-refractivity contribution < 1.29 is 4.79 Å². The van der Waals surface area contributed by atoms with E-state index in [4.69, 9.17) is 11.6 Å². The van der Waals surface area contributed by atoms with Gasteiger partial charge in [-0.1, -0.05) is 37.6 Å². The van der Waals surface area contributed by atoms with E-state index in [9.17, 15) is 4.79 Å². The van der Waals surface area contributed by atoms with Crippen LogP contribution in [0.4, 0.5) is 5.69 Å². The number of nitrogens with zero attached hydrogens (tertiary/aromatic N) is 3. The van der Waals surface area contributed by atoms with E-state index in [-0.39, 0.29) is 11.8 Å². The molecule has 6 nitrogen and oxygen atoms in total. The van der Waals surface area contributed by atoms with Crippen LogP contribution < -0.4 is 10.2 Å². The molecule has 0 bridgehead atoms. The van der Waals surface area contributed by atoms with Gasteiger partial charge in [-0.05, 0) is 36.2 Å². The molecule has 3 heterocycles. The second kappa shape index (κ2) is 9.28. The maximum atomic E-state index is 13.5. The Morgan fingerprint density at radius 3 is 2.55 bits per heavy atom. The number of H-pyrrole nitrogens is 1. The van der Waals surface area contributed by atoms with Gasteiger partial charge in [-0.15, -0.1) is 0 Å². The molecule has 0 spiro atoms. The Morgan fingerprint density at radius 2 is 1.87 bits per heavy atom. The number of hydrogen-bond acceptors (Lipinski definition) is 4. The number of nitrogens with one attached hydrogen (secondary N) is 2. The Kier molecular flexibility index (Phi) is 6.49. The van der Waals surface area contributed by atoms with Crippen molar-refractivity contribution in [3.05, 3.63) is 58.9 Å². The lowest BCUT2D eigenvalue weighted by atomic mass is 9.96. The van der Waals surface area contributed by atoms with Crippen molar-refractivity contribution in [1.82, 2.24) is 20.2 Å². The summed E-state index contributed by atoms with van der Waals surface area (Å²) in [7, 11) is 0. The SMILES string of the molecule is Cc1cnc2[nH]ccc2c1N1CCN(C(=O)[C@H](CNC(C)C)c2ccc(Cl)cc2)CC1. The number of aryl methyl sites for hydroxylation is 1. The number of anilines is 1. The van der Waals surface area contributed by atoms with Gasteiger partial charge in [-0.2, -0.15) is 0 Å². The number of aromatic nitrogens is 2. The van der Waals surface area contributed by atoms with Crippen molar-refractivity contribution in [3.63, 3.8) is 0 Å². The molecule has 1 saturated heterocycles. The first kappa shape index (κ1) is 21.7. The van der Waals surface area contributed by atoms with Crippen LogP contribution in [-0.4, -0.2) is 59.5 Å². The van der Waals surface area contributed by atoms with E-state index in [1.807, 2.05) is 41.6 Å². The van der Waals surface area contributed by atoms with Gasteiger partial charge in [0, 0.05) is 61.6 Å². The van der Waals surface area contributed by atoms with Crippen molar-refractivity contribution >= 4 is 34.2 Å². The predicted octanol–water partition coefficient (Wildman–Crippen LogP) is 3.96. The van der Waals surface area contributed by atoms with Crippen molar-refractivity contribution in [2.75, 3.05) is 37.6 Å². The molecule has 2 aromatic heterocycles. The zero-order valence-corrected chi connectivity index (χ0v) is 19.1. The minimum atomic E-state index is -0.217. The average Bonchev–Trinajstić information content (AvgIpc) is 3.23. The van der Waals surface area contributed by atoms with Gasteiger partial charge in [0.15, 0.2) is 0 Å². The number of benzene rings is 1. The lowest BCUT2D eigenvalue weighted by molar-refractivity contribution is -0.133. The fourth-order valence-corrected chi connectivity index (χ4v) is 4.41. The molecule has 164 valence electrons. The number of hydrogen-bond donors (Lipinski definition) is 2. The smallest absolute Gasteiger partial charge is 0.231 e. The number of carbonyl (C=O) groups is 1. The van der Waals surface area contributed by atoms with Crippen LogP contribution in [0.2, 0.25) is 5.02 Å². The first-order chi connectivity index (χ1) is 14.9. The fourth-order valence-electron chi connectivity index (χ4n) is 4.28. The van der Waals surface area contributed by atoms with E-state index >= 15 is 0 Å². The minimum Gasteiger partial charge on any atom is -0.367 e. The molecular weight excluding hydrogens is 410 g/mol. The molecule has 0 saturated carbocycles. The highest BCUT2D eigenvalue weighted by Gasteiger charge is 2.29. The van der Waals surface area contributed by atoms with E-state index in [0.29, 0.717) is 30.7 Å². The molecule has 1 amide bonds. The summed E-state index contributed by atoms with van der Waals surface area (Å²) in [5, 5.41) is 5.26.